The molecule has 1 fully saturated rings. The molecule has 136 valence electrons. The predicted molar refractivity (Wildman–Crippen MR) is 104 cm³/mol. The van der Waals surface area contributed by atoms with Crippen LogP contribution in [0.5, 0.6) is 0 Å². The van der Waals surface area contributed by atoms with Gasteiger partial charge in [0.25, 0.3) is 5.91 Å². The van der Waals surface area contributed by atoms with E-state index in [2.05, 4.69) is 50.9 Å². The summed E-state index contributed by atoms with van der Waals surface area (Å²) >= 11 is 3.35. The molecule has 0 aromatic carbocycles. The van der Waals surface area contributed by atoms with Crippen LogP contribution in [0.2, 0.25) is 25.7 Å². The molecule has 1 saturated carbocycles. The van der Waals surface area contributed by atoms with E-state index >= 15 is 0 Å². The molecule has 1 aliphatic rings. The lowest BCUT2D eigenvalue weighted by molar-refractivity contribution is 0.0885. The number of nitrogens with zero attached hydrogens (tertiary/aromatic N) is 3. The Morgan fingerprint density at radius 3 is 2.84 bits per heavy atom. The summed E-state index contributed by atoms with van der Waals surface area (Å²) in [6, 6.07) is 1.40. The van der Waals surface area contributed by atoms with Crippen molar-refractivity contribution < 1.29 is 9.53 Å². The number of carbonyl (C=O) groups excluding carboxylic acids is 1. The molecule has 1 N–H and O–H groups in total. The number of rotatable bonds is 7. The van der Waals surface area contributed by atoms with Gasteiger partial charge >= 0.3 is 0 Å². The maximum atomic E-state index is 12.6. The molecule has 2 aromatic heterocycles. The highest BCUT2D eigenvalue weighted by atomic mass is 79.9. The lowest BCUT2D eigenvalue weighted by Crippen LogP contribution is -2.39. The Balaban J connectivity index is 1.77. The molecular weight excluding hydrogens is 400 g/mol. The summed E-state index contributed by atoms with van der Waals surface area (Å²) in [6.45, 7) is 8.09. The molecular formula is C17H25BrN4O2Si. The van der Waals surface area contributed by atoms with Crippen molar-refractivity contribution in [3.63, 3.8) is 0 Å². The molecule has 0 radical (unpaired) electrons. The fraction of sp³-hybridized carbons (Fsp3) is 0.588. The van der Waals surface area contributed by atoms with Crippen molar-refractivity contribution in [1.29, 1.82) is 0 Å². The fourth-order valence-electron chi connectivity index (χ4n) is 2.65. The normalized spacial score (nSPS) is 15.4. The first kappa shape index (κ1) is 18.5. The third-order valence-corrected chi connectivity index (χ3v) is 6.53. The van der Waals surface area contributed by atoms with E-state index in [1.807, 2.05) is 4.57 Å². The summed E-state index contributed by atoms with van der Waals surface area (Å²) < 4.78 is 8.32. The van der Waals surface area contributed by atoms with Gasteiger partial charge in [0.15, 0.2) is 5.65 Å². The molecule has 8 heteroatoms. The van der Waals surface area contributed by atoms with Gasteiger partial charge < -0.3 is 14.6 Å². The summed E-state index contributed by atoms with van der Waals surface area (Å²) in [5.41, 5.74) is 1.85. The van der Waals surface area contributed by atoms with Gasteiger partial charge in [0.2, 0.25) is 0 Å². The predicted octanol–water partition coefficient (Wildman–Crippen LogP) is 3.79. The van der Waals surface area contributed by atoms with E-state index in [0.717, 1.165) is 25.5 Å². The lowest BCUT2D eigenvalue weighted by Gasteiger charge is -2.26. The SMILES string of the molecule is C[Si](C)(C)CCOCn1cc(C(=O)NC2CCC2)c2nc(Br)cnc21. The van der Waals surface area contributed by atoms with Crippen molar-refractivity contribution in [3.05, 3.63) is 22.6 Å². The minimum atomic E-state index is -1.12. The van der Waals surface area contributed by atoms with Gasteiger partial charge in [0.05, 0.1) is 11.8 Å². The van der Waals surface area contributed by atoms with E-state index in [0.29, 0.717) is 34.1 Å². The standard InChI is InChI=1S/C17H25BrN4O2Si/c1-25(2,3)8-7-24-11-22-10-13(17(23)20-12-5-4-6-12)15-16(22)19-9-14(18)21-15/h9-10,12H,4-8,11H2,1-3H3,(H,20,23). The van der Waals surface area contributed by atoms with Crippen molar-refractivity contribution in [3.8, 4) is 0 Å². The average molecular weight is 425 g/mol. The molecule has 25 heavy (non-hydrogen) atoms. The van der Waals surface area contributed by atoms with Crippen molar-refractivity contribution >= 4 is 41.1 Å². The largest absolute Gasteiger partial charge is 0.361 e. The maximum Gasteiger partial charge on any atom is 0.255 e. The van der Waals surface area contributed by atoms with Gasteiger partial charge in [-0.3, -0.25) is 4.79 Å². The van der Waals surface area contributed by atoms with Crippen LogP contribution in [0.4, 0.5) is 0 Å². The van der Waals surface area contributed by atoms with Crippen LogP contribution >= 0.6 is 15.9 Å². The third-order valence-electron chi connectivity index (χ3n) is 4.45. The van der Waals surface area contributed by atoms with Crippen molar-refractivity contribution in [1.82, 2.24) is 19.9 Å². The zero-order valence-electron chi connectivity index (χ0n) is 15.0. The summed E-state index contributed by atoms with van der Waals surface area (Å²) in [5.74, 6) is -0.0806. The van der Waals surface area contributed by atoms with Crippen LogP contribution < -0.4 is 5.32 Å². The monoisotopic (exact) mass is 424 g/mol. The van der Waals surface area contributed by atoms with Crippen LogP contribution in [0.1, 0.15) is 29.6 Å². The van der Waals surface area contributed by atoms with Crippen LogP contribution in [-0.4, -0.2) is 41.2 Å². The minimum Gasteiger partial charge on any atom is -0.361 e. The smallest absolute Gasteiger partial charge is 0.255 e. The van der Waals surface area contributed by atoms with Gasteiger partial charge in [-0.05, 0) is 41.2 Å². The van der Waals surface area contributed by atoms with E-state index < -0.39 is 8.07 Å². The Bertz CT molecular complexity index is 768. The lowest BCUT2D eigenvalue weighted by atomic mass is 9.93. The number of hydrogen-bond donors (Lipinski definition) is 1. The second kappa shape index (κ2) is 7.55. The Labute approximate surface area is 157 Å². The van der Waals surface area contributed by atoms with Crippen molar-refractivity contribution in [2.24, 2.45) is 0 Å². The number of nitrogens with one attached hydrogen (secondary N) is 1. The number of fused-ring (bicyclic) bond motifs is 1. The summed E-state index contributed by atoms with van der Waals surface area (Å²) in [4.78, 5) is 21.5. The minimum absolute atomic E-state index is 0.0806. The maximum absolute atomic E-state index is 12.6. The molecule has 0 atom stereocenters. The molecule has 1 aliphatic carbocycles. The molecule has 0 bridgehead atoms. The second-order valence-electron chi connectivity index (χ2n) is 7.83. The van der Waals surface area contributed by atoms with E-state index in [-0.39, 0.29) is 5.91 Å². The second-order valence-corrected chi connectivity index (χ2v) is 14.3. The molecule has 0 spiro atoms. The summed E-state index contributed by atoms with van der Waals surface area (Å²) in [6.07, 6.45) is 6.75. The van der Waals surface area contributed by atoms with Crippen LogP contribution in [0.3, 0.4) is 0 Å². The van der Waals surface area contributed by atoms with Crippen molar-refractivity contribution in [2.75, 3.05) is 6.61 Å². The van der Waals surface area contributed by atoms with Gasteiger partial charge in [-0.1, -0.05) is 19.6 Å². The molecule has 1 amide bonds. The molecule has 0 unspecified atom stereocenters. The number of aromatic nitrogens is 3. The highest BCUT2D eigenvalue weighted by Gasteiger charge is 2.24. The van der Waals surface area contributed by atoms with E-state index in [4.69, 9.17) is 4.74 Å². The highest BCUT2D eigenvalue weighted by molar-refractivity contribution is 9.10. The first-order chi connectivity index (χ1) is 11.8. The summed E-state index contributed by atoms with van der Waals surface area (Å²) in [5, 5.41) is 3.07. The molecule has 6 nitrogen and oxygen atoms in total. The Hall–Kier alpha value is -1.25. The van der Waals surface area contributed by atoms with E-state index in [9.17, 15) is 4.79 Å². The molecule has 2 heterocycles. The van der Waals surface area contributed by atoms with Gasteiger partial charge in [0.1, 0.15) is 16.9 Å². The zero-order valence-corrected chi connectivity index (χ0v) is 17.6. The number of halogens is 1. The summed E-state index contributed by atoms with van der Waals surface area (Å²) in [7, 11) is -1.12. The highest BCUT2D eigenvalue weighted by Crippen LogP contribution is 2.23. The van der Waals surface area contributed by atoms with E-state index in [1.54, 1.807) is 12.4 Å². The average Bonchev–Trinajstić information content (AvgIpc) is 2.84. The Morgan fingerprint density at radius 1 is 1.44 bits per heavy atom. The van der Waals surface area contributed by atoms with Crippen molar-refractivity contribution in [2.45, 2.75) is 57.7 Å². The topological polar surface area (TPSA) is 69.0 Å². The number of carbonyl (C=O) groups is 1. The zero-order chi connectivity index (χ0) is 18.0. The number of hydrogen-bond acceptors (Lipinski definition) is 4. The van der Waals surface area contributed by atoms with Crippen LogP contribution in [-0.2, 0) is 11.5 Å². The Kier molecular flexibility index (Phi) is 5.60. The van der Waals surface area contributed by atoms with Crippen LogP contribution in [0.15, 0.2) is 17.0 Å². The van der Waals surface area contributed by atoms with E-state index in [1.165, 1.54) is 6.42 Å². The van der Waals surface area contributed by atoms with Gasteiger partial charge in [0, 0.05) is 26.9 Å². The fourth-order valence-corrected chi connectivity index (χ4v) is 3.69. The van der Waals surface area contributed by atoms with Crippen LogP contribution in [0.25, 0.3) is 11.2 Å². The quantitative estimate of drug-likeness (QED) is 0.542. The molecule has 3 rings (SSSR count). The Morgan fingerprint density at radius 2 is 2.20 bits per heavy atom. The number of ether oxygens (including phenoxy) is 1. The first-order valence-electron chi connectivity index (χ1n) is 8.73. The molecule has 0 saturated heterocycles. The molecule has 2 aromatic rings. The third kappa shape index (κ3) is 4.68. The van der Waals surface area contributed by atoms with Gasteiger partial charge in [-0.15, -0.1) is 0 Å². The number of amides is 1. The molecule has 0 aliphatic heterocycles. The van der Waals surface area contributed by atoms with Gasteiger partial charge in [-0.25, -0.2) is 9.97 Å². The van der Waals surface area contributed by atoms with Gasteiger partial charge in [-0.2, -0.15) is 0 Å². The van der Waals surface area contributed by atoms with Crippen LogP contribution in [0, 0.1) is 0 Å². The first-order valence-corrected chi connectivity index (χ1v) is 13.2.